The second-order valence-corrected chi connectivity index (χ2v) is 11.2. The molecule has 220 valence electrons. The Labute approximate surface area is 246 Å². The Hall–Kier alpha value is -3.90. The first kappa shape index (κ1) is 29.6. The molecular weight excluding hydrogens is 559 g/mol. The number of anilines is 1. The van der Waals surface area contributed by atoms with Crippen LogP contribution in [0.4, 0.5) is 10.1 Å². The van der Waals surface area contributed by atoms with E-state index in [1.54, 1.807) is 41.3 Å². The van der Waals surface area contributed by atoms with E-state index < -0.39 is 23.3 Å². The second-order valence-electron chi connectivity index (χ2n) is 10.3. The number of aryl methyl sites for hydroxylation is 1. The summed E-state index contributed by atoms with van der Waals surface area (Å²) in [7, 11) is 0. The Morgan fingerprint density at radius 1 is 1.07 bits per heavy atom. The molecule has 42 heavy (non-hydrogen) atoms. The Kier molecular flexibility index (Phi) is 9.43. The van der Waals surface area contributed by atoms with Crippen LogP contribution in [-0.4, -0.2) is 73.4 Å². The predicted octanol–water partition coefficient (Wildman–Crippen LogP) is 4.13. The van der Waals surface area contributed by atoms with E-state index in [4.69, 9.17) is 4.74 Å². The first-order valence-corrected chi connectivity index (χ1v) is 14.7. The fourth-order valence-corrected chi connectivity index (χ4v) is 5.78. The van der Waals surface area contributed by atoms with Gasteiger partial charge < -0.3 is 18.7 Å². The van der Waals surface area contributed by atoms with Crippen molar-refractivity contribution in [2.24, 2.45) is 0 Å². The highest BCUT2D eigenvalue weighted by molar-refractivity contribution is 7.80. The van der Waals surface area contributed by atoms with Crippen LogP contribution in [-0.2, 0) is 29.2 Å². The number of carbonyl (C=O) groups is 1. The van der Waals surface area contributed by atoms with Crippen LogP contribution in [0.3, 0.4) is 0 Å². The van der Waals surface area contributed by atoms with Gasteiger partial charge in [-0.2, -0.15) is 0 Å². The van der Waals surface area contributed by atoms with Gasteiger partial charge in [0, 0.05) is 66.3 Å². The summed E-state index contributed by atoms with van der Waals surface area (Å²) in [5.41, 5.74) is 4.10. The van der Waals surface area contributed by atoms with Crippen molar-refractivity contribution >= 4 is 33.8 Å². The smallest absolute Gasteiger partial charge is 0.322 e. The van der Waals surface area contributed by atoms with Crippen LogP contribution in [0.15, 0.2) is 78.9 Å². The van der Waals surface area contributed by atoms with E-state index in [0.29, 0.717) is 50.8 Å². The maximum absolute atomic E-state index is 13.2. The number of para-hydroxylation sites is 1. The van der Waals surface area contributed by atoms with Crippen LogP contribution >= 0.6 is 0 Å². The van der Waals surface area contributed by atoms with Gasteiger partial charge in [0.15, 0.2) is 0 Å². The number of aromatic nitrogens is 1. The SMILES string of the molecule is Cc1cc(COc2ccc(N(C[C@@H](C(=O)O)N3CCN(Cc4ccc(F)cc4)CC3)S(=O)[O-])cc2)c2ccccc2n1. The molecule has 1 aromatic heterocycles. The van der Waals surface area contributed by atoms with Crippen molar-refractivity contribution in [3.05, 3.63) is 102 Å². The van der Waals surface area contributed by atoms with Crippen molar-refractivity contribution in [1.29, 1.82) is 0 Å². The van der Waals surface area contributed by atoms with E-state index in [9.17, 15) is 23.1 Å². The standard InChI is InChI=1S/C31H33FN4O5S/c1-22-18-24(28-4-2-3-5-29(28)33-22)21-41-27-12-10-26(11-13-27)36(42(39)40)20-30(31(37)38)35-16-14-34(15-17-35)19-23-6-8-25(32)9-7-23/h2-13,18,30H,14-17,19-21H2,1H3,(H,37,38)(H,39,40)/p-1/t30-/m0/s1. The maximum Gasteiger partial charge on any atom is 0.322 e. The van der Waals surface area contributed by atoms with E-state index in [2.05, 4.69) is 9.88 Å². The Morgan fingerprint density at radius 3 is 2.43 bits per heavy atom. The molecule has 0 spiro atoms. The molecule has 0 aliphatic carbocycles. The first-order valence-electron chi connectivity index (χ1n) is 13.7. The molecule has 1 aliphatic rings. The normalized spacial score (nSPS) is 15.8. The van der Waals surface area contributed by atoms with Gasteiger partial charge in [-0.3, -0.25) is 23.8 Å². The number of hydrogen-bond donors (Lipinski definition) is 1. The zero-order chi connectivity index (χ0) is 29.6. The number of benzene rings is 3. The van der Waals surface area contributed by atoms with Gasteiger partial charge >= 0.3 is 5.97 Å². The highest BCUT2D eigenvalue weighted by Crippen LogP contribution is 2.25. The summed E-state index contributed by atoms with van der Waals surface area (Å²) in [6, 6.07) is 21.7. The summed E-state index contributed by atoms with van der Waals surface area (Å²) < 4.78 is 44.7. The van der Waals surface area contributed by atoms with Crippen molar-refractivity contribution in [2.45, 2.75) is 26.1 Å². The lowest BCUT2D eigenvalue weighted by atomic mass is 10.1. The quantitative estimate of drug-likeness (QED) is 0.260. The summed E-state index contributed by atoms with van der Waals surface area (Å²) in [5, 5.41) is 11.0. The molecule has 2 atom stereocenters. The molecule has 11 heteroatoms. The largest absolute Gasteiger partial charge is 0.755 e. The zero-order valence-electron chi connectivity index (χ0n) is 23.2. The van der Waals surface area contributed by atoms with E-state index in [1.165, 1.54) is 12.1 Å². The average Bonchev–Trinajstić information content (AvgIpc) is 2.98. The van der Waals surface area contributed by atoms with Crippen molar-refractivity contribution in [3.8, 4) is 5.75 Å². The second kappa shape index (κ2) is 13.4. The van der Waals surface area contributed by atoms with Gasteiger partial charge in [0.25, 0.3) is 0 Å². The number of rotatable bonds is 11. The van der Waals surface area contributed by atoms with Crippen LogP contribution < -0.4 is 9.04 Å². The molecule has 1 unspecified atom stereocenters. The summed E-state index contributed by atoms with van der Waals surface area (Å²) in [6.07, 6.45) is 0. The van der Waals surface area contributed by atoms with Gasteiger partial charge in [0.05, 0.1) is 12.1 Å². The summed E-state index contributed by atoms with van der Waals surface area (Å²) in [4.78, 5) is 20.8. The third-order valence-electron chi connectivity index (χ3n) is 7.42. The number of carboxylic acid groups (broad SMARTS) is 1. The van der Waals surface area contributed by atoms with Crippen LogP contribution in [0.2, 0.25) is 0 Å². The van der Waals surface area contributed by atoms with E-state index in [-0.39, 0.29) is 12.4 Å². The Morgan fingerprint density at radius 2 is 1.76 bits per heavy atom. The molecule has 1 saturated heterocycles. The van der Waals surface area contributed by atoms with Crippen molar-refractivity contribution in [2.75, 3.05) is 37.0 Å². The number of halogens is 1. The number of ether oxygens (including phenoxy) is 1. The lowest BCUT2D eigenvalue weighted by Crippen LogP contribution is -2.56. The molecule has 0 saturated carbocycles. The first-order chi connectivity index (χ1) is 20.3. The minimum absolute atomic E-state index is 0.230. The molecule has 2 heterocycles. The van der Waals surface area contributed by atoms with Gasteiger partial charge in [0.2, 0.25) is 0 Å². The molecule has 1 fully saturated rings. The molecule has 0 bridgehead atoms. The summed E-state index contributed by atoms with van der Waals surface area (Å²) in [5.74, 6) is -0.817. The number of carboxylic acids is 1. The molecule has 1 aliphatic heterocycles. The van der Waals surface area contributed by atoms with E-state index >= 15 is 0 Å². The number of aliphatic carboxylic acids is 1. The molecule has 1 N–H and O–H groups in total. The summed E-state index contributed by atoms with van der Waals surface area (Å²) >= 11 is -2.69. The van der Waals surface area contributed by atoms with Crippen molar-refractivity contribution in [1.82, 2.24) is 14.8 Å². The molecule has 9 nitrogen and oxygen atoms in total. The number of fused-ring (bicyclic) bond motifs is 1. The number of nitrogens with zero attached hydrogens (tertiary/aromatic N) is 4. The van der Waals surface area contributed by atoms with Gasteiger partial charge in [-0.1, -0.05) is 30.3 Å². The Bertz CT molecular complexity index is 1550. The third kappa shape index (κ3) is 7.29. The van der Waals surface area contributed by atoms with Crippen LogP contribution in [0, 0.1) is 12.7 Å². The topological polar surface area (TPSA) is 109 Å². The molecule has 5 rings (SSSR count). The number of pyridine rings is 1. The molecule has 4 aromatic rings. The summed E-state index contributed by atoms with van der Waals surface area (Å²) in [6.45, 7) is 4.80. The minimum atomic E-state index is -2.69. The fourth-order valence-electron chi connectivity index (χ4n) is 5.22. The monoisotopic (exact) mass is 591 g/mol. The van der Waals surface area contributed by atoms with Crippen LogP contribution in [0.25, 0.3) is 10.9 Å². The lowest BCUT2D eigenvalue weighted by Gasteiger charge is -2.39. The molecule has 3 aromatic carbocycles. The van der Waals surface area contributed by atoms with E-state index in [1.807, 2.05) is 37.3 Å². The van der Waals surface area contributed by atoms with E-state index in [0.717, 1.165) is 32.0 Å². The van der Waals surface area contributed by atoms with Gasteiger partial charge in [0.1, 0.15) is 24.2 Å². The fraction of sp³-hybridized carbons (Fsp3) is 0.290. The highest BCUT2D eigenvalue weighted by Gasteiger charge is 2.31. The zero-order valence-corrected chi connectivity index (χ0v) is 24.0. The molecular formula is C31H32FN4O5S-. The average molecular weight is 592 g/mol. The minimum Gasteiger partial charge on any atom is -0.755 e. The van der Waals surface area contributed by atoms with Crippen LogP contribution in [0.1, 0.15) is 16.8 Å². The maximum atomic E-state index is 13.2. The highest BCUT2D eigenvalue weighted by atomic mass is 32.2. The number of hydrogen-bond acceptors (Lipinski definition) is 7. The third-order valence-corrected chi connectivity index (χ3v) is 8.14. The van der Waals surface area contributed by atoms with Crippen molar-refractivity contribution in [3.63, 3.8) is 0 Å². The van der Waals surface area contributed by atoms with Gasteiger partial charge in [-0.25, -0.2) is 4.39 Å². The molecule has 0 amide bonds. The predicted molar refractivity (Wildman–Crippen MR) is 158 cm³/mol. The van der Waals surface area contributed by atoms with Crippen LogP contribution in [0.5, 0.6) is 5.75 Å². The van der Waals surface area contributed by atoms with Gasteiger partial charge in [-0.05, 0) is 61.0 Å². The Balaban J connectivity index is 1.21. The van der Waals surface area contributed by atoms with Gasteiger partial charge in [-0.15, -0.1) is 0 Å². The molecule has 0 radical (unpaired) electrons. The number of piperazine rings is 1. The lowest BCUT2D eigenvalue weighted by molar-refractivity contribution is -0.143. The van der Waals surface area contributed by atoms with Crippen molar-refractivity contribution < 1.29 is 27.8 Å².